The summed E-state index contributed by atoms with van der Waals surface area (Å²) in [4.78, 5) is 47.7. The van der Waals surface area contributed by atoms with Crippen LogP contribution in [0.25, 0.3) is 6.08 Å². The van der Waals surface area contributed by atoms with E-state index in [1.54, 1.807) is 44.2 Å². The van der Waals surface area contributed by atoms with E-state index in [4.69, 9.17) is 9.47 Å². The number of nitro groups is 1. The van der Waals surface area contributed by atoms with Crippen molar-refractivity contribution in [1.29, 1.82) is 0 Å². The first-order valence-corrected chi connectivity index (χ1v) is 9.29. The van der Waals surface area contributed by atoms with Crippen molar-refractivity contribution in [3.8, 4) is 5.75 Å². The number of nitro benzene ring substituents is 1. The smallest absolute Gasteiger partial charge is 0.344 e. The van der Waals surface area contributed by atoms with Crippen LogP contribution in [0, 0.1) is 10.1 Å². The number of benzene rings is 2. The van der Waals surface area contributed by atoms with Gasteiger partial charge in [0, 0.05) is 11.6 Å². The molecule has 3 rings (SSSR count). The highest BCUT2D eigenvalue weighted by Crippen LogP contribution is 2.33. The summed E-state index contributed by atoms with van der Waals surface area (Å²) in [6.07, 6.45) is 0.809. The summed E-state index contributed by atoms with van der Waals surface area (Å²) in [6.45, 7) is 2.73. The van der Waals surface area contributed by atoms with E-state index >= 15 is 0 Å². The molecular formula is C21H19N3O7. The number of nitrogens with zero attached hydrogens (tertiary/aromatic N) is 2. The molecule has 0 aromatic heterocycles. The number of esters is 1. The molecule has 2 aromatic carbocycles. The van der Waals surface area contributed by atoms with Gasteiger partial charge in [0.25, 0.3) is 11.8 Å². The lowest BCUT2D eigenvalue weighted by molar-refractivity contribution is -0.385. The number of hydrogen-bond acceptors (Lipinski definition) is 7. The van der Waals surface area contributed by atoms with Crippen LogP contribution in [-0.4, -0.2) is 35.4 Å². The number of para-hydroxylation sites is 2. The molecule has 0 saturated carbocycles. The van der Waals surface area contributed by atoms with Gasteiger partial charge >= 0.3 is 11.7 Å². The molecule has 1 fully saturated rings. The van der Waals surface area contributed by atoms with Gasteiger partial charge in [-0.3, -0.25) is 25.1 Å². The Kier molecular flexibility index (Phi) is 6.29. The molecule has 2 aromatic rings. The van der Waals surface area contributed by atoms with Crippen LogP contribution in [0.15, 0.2) is 54.1 Å². The van der Waals surface area contributed by atoms with E-state index in [1.807, 2.05) is 0 Å². The molecule has 0 spiro atoms. The molecule has 2 amide bonds. The second kappa shape index (κ2) is 9.08. The maximum absolute atomic E-state index is 12.8. The Morgan fingerprint density at radius 1 is 1.16 bits per heavy atom. The molecule has 31 heavy (non-hydrogen) atoms. The number of ether oxygens (including phenoxy) is 2. The Morgan fingerprint density at radius 2 is 1.87 bits per heavy atom. The zero-order valence-corrected chi connectivity index (χ0v) is 16.7. The minimum Gasteiger partial charge on any atom is -0.474 e. The summed E-state index contributed by atoms with van der Waals surface area (Å²) in [5, 5.41) is 12.5. The van der Waals surface area contributed by atoms with Gasteiger partial charge in [-0.15, -0.1) is 0 Å². The highest BCUT2D eigenvalue weighted by atomic mass is 16.6. The van der Waals surface area contributed by atoms with Crippen LogP contribution in [0.2, 0.25) is 0 Å². The SMILES string of the molecule is CC(C)OC(=O)COc1c(C=C2C(=O)NN(c3ccccc3)C2=O)cccc1[N+](=O)[O-]. The average Bonchev–Trinajstić information content (AvgIpc) is 3.01. The lowest BCUT2D eigenvalue weighted by atomic mass is 10.1. The summed E-state index contributed by atoms with van der Waals surface area (Å²) in [5.74, 6) is -2.27. The van der Waals surface area contributed by atoms with E-state index in [0.717, 1.165) is 5.01 Å². The number of amides is 2. The zero-order chi connectivity index (χ0) is 22.5. The van der Waals surface area contributed by atoms with Crippen molar-refractivity contribution in [3.05, 3.63) is 69.8 Å². The van der Waals surface area contributed by atoms with Gasteiger partial charge < -0.3 is 9.47 Å². The Labute approximate surface area is 177 Å². The molecule has 1 aliphatic rings. The summed E-state index contributed by atoms with van der Waals surface area (Å²) < 4.78 is 10.3. The Balaban J connectivity index is 1.94. The first-order chi connectivity index (χ1) is 14.8. The predicted molar refractivity (Wildman–Crippen MR) is 110 cm³/mol. The molecule has 0 unspecified atom stereocenters. The van der Waals surface area contributed by atoms with Crippen LogP contribution in [0.1, 0.15) is 19.4 Å². The van der Waals surface area contributed by atoms with Gasteiger partial charge in [-0.05, 0) is 32.1 Å². The first kappa shape index (κ1) is 21.5. The minimum atomic E-state index is -0.711. The maximum Gasteiger partial charge on any atom is 0.344 e. The molecule has 10 heteroatoms. The van der Waals surface area contributed by atoms with E-state index in [2.05, 4.69) is 5.43 Å². The zero-order valence-electron chi connectivity index (χ0n) is 16.7. The summed E-state index contributed by atoms with van der Waals surface area (Å²) in [5.41, 5.74) is 2.34. The van der Waals surface area contributed by atoms with Crippen LogP contribution in [-0.2, 0) is 19.1 Å². The summed E-state index contributed by atoms with van der Waals surface area (Å²) in [7, 11) is 0. The van der Waals surface area contributed by atoms with Crippen LogP contribution in [0.5, 0.6) is 5.75 Å². The van der Waals surface area contributed by atoms with E-state index in [1.165, 1.54) is 24.3 Å². The fraction of sp³-hybridized carbons (Fsp3) is 0.190. The van der Waals surface area contributed by atoms with Crippen molar-refractivity contribution < 1.29 is 28.8 Å². The number of anilines is 1. The van der Waals surface area contributed by atoms with Crippen molar-refractivity contribution >= 4 is 35.2 Å². The van der Waals surface area contributed by atoms with Gasteiger partial charge in [0.15, 0.2) is 6.61 Å². The van der Waals surface area contributed by atoms with Crippen LogP contribution in [0.4, 0.5) is 11.4 Å². The molecule has 1 saturated heterocycles. The molecule has 0 aliphatic carbocycles. The van der Waals surface area contributed by atoms with Gasteiger partial charge in [0.1, 0.15) is 5.57 Å². The topological polar surface area (TPSA) is 128 Å². The molecule has 160 valence electrons. The van der Waals surface area contributed by atoms with E-state index in [9.17, 15) is 24.5 Å². The molecule has 1 heterocycles. The number of hydrazine groups is 1. The maximum atomic E-state index is 12.8. The fourth-order valence-corrected chi connectivity index (χ4v) is 2.86. The van der Waals surface area contributed by atoms with Crippen molar-refractivity contribution in [3.63, 3.8) is 0 Å². The lowest BCUT2D eigenvalue weighted by Gasteiger charge is -2.14. The van der Waals surface area contributed by atoms with Crippen LogP contribution >= 0.6 is 0 Å². The molecule has 10 nitrogen and oxygen atoms in total. The normalized spacial score (nSPS) is 14.7. The van der Waals surface area contributed by atoms with E-state index in [0.29, 0.717) is 5.69 Å². The molecule has 0 radical (unpaired) electrons. The quantitative estimate of drug-likeness (QED) is 0.237. The Bertz CT molecular complexity index is 1060. The van der Waals surface area contributed by atoms with Crippen molar-refractivity contribution in [2.45, 2.75) is 20.0 Å². The summed E-state index contributed by atoms with van der Waals surface area (Å²) >= 11 is 0. The third kappa shape index (κ3) is 4.86. The lowest BCUT2D eigenvalue weighted by Crippen LogP contribution is -2.35. The predicted octanol–water partition coefficient (Wildman–Crippen LogP) is 2.39. The molecule has 1 N–H and O–H groups in total. The molecular weight excluding hydrogens is 406 g/mol. The summed E-state index contributed by atoms with van der Waals surface area (Å²) in [6, 6.07) is 12.5. The Morgan fingerprint density at radius 3 is 2.52 bits per heavy atom. The van der Waals surface area contributed by atoms with Crippen LogP contribution < -0.4 is 15.2 Å². The first-order valence-electron chi connectivity index (χ1n) is 9.29. The van der Waals surface area contributed by atoms with E-state index in [-0.39, 0.29) is 23.0 Å². The van der Waals surface area contributed by atoms with Gasteiger partial charge in [0.05, 0.1) is 16.7 Å². The van der Waals surface area contributed by atoms with Gasteiger partial charge in [-0.1, -0.05) is 30.3 Å². The Hall–Kier alpha value is -4.21. The van der Waals surface area contributed by atoms with Gasteiger partial charge in [-0.25, -0.2) is 9.80 Å². The fourth-order valence-electron chi connectivity index (χ4n) is 2.86. The molecule has 0 bridgehead atoms. The highest BCUT2D eigenvalue weighted by molar-refractivity contribution is 6.31. The highest BCUT2D eigenvalue weighted by Gasteiger charge is 2.35. The third-order valence-corrected chi connectivity index (χ3v) is 4.13. The number of hydrogen-bond donors (Lipinski definition) is 1. The van der Waals surface area contributed by atoms with Gasteiger partial charge in [0.2, 0.25) is 5.75 Å². The number of carbonyl (C=O) groups is 3. The van der Waals surface area contributed by atoms with Crippen molar-refractivity contribution in [1.82, 2.24) is 5.43 Å². The van der Waals surface area contributed by atoms with Crippen LogP contribution in [0.3, 0.4) is 0 Å². The third-order valence-electron chi connectivity index (χ3n) is 4.13. The van der Waals surface area contributed by atoms with E-state index < -0.39 is 35.0 Å². The number of nitrogens with one attached hydrogen (secondary N) is 1. The van der Waals surface area contributed by atoms with Crippen molar-refractivity contribution in [2.75, 3.05) is 11.6 Å². The second-order valence-electron chi connectivity index (χ2n) is 6.75. The monoisotopic (exact) mass is 425 g/mol. The number of carbonyl (C=O) groups excluding carboxylic acids is 3. The molecule has 0 atom stereocenters. The minimum absolute atomic E-state index is 0.0972. The second-order valence-corrected chi connectivity index (χ2v) is 6.75. The standard InChI is InChI=1S/C21H19N3O7/c1-13(2)31-18(25)12-30-19-14(7-6-10-17(19)24(28)29)11-16-20(26)22-23(21(16)27)15-8-4-3-5-9-15/h3-11,13H,12H2,1-2H3,(H,22,26). The molecule has 1 aliphatic heterocycles. The average molecular weight is 425 g/mol. The number of rotatable bonds is 7. The van der Waals surface area contributed by atoms with Crippen molar-refractivity contribution in [2.24, 2.45) is 0 Å². The largest absolute Gasteiger partial charge is 0.474 e. The van der Waals surface area contributed by atoms with Gasteiger partial charge in [-0.2, -0.15) is 0 Å².